The van der Waals surface area contributed by atoms with Crippen LogP contribution >= 0.6 is 11.8 Å². The molecule has 0 saturated heterocycles. The Hall–Kier alpha value is -1.61. The average molecular weight is 257 g/mol. The first-order valence-corrected chi connectivity index (χ1v) is 6.98. The molecule has 1 aromatic carbocycles. The monoisotopic (exact) mass is 257 g/mol. The maximum absolute atomic E-state index is 11.8. The number of Topliss-reactive ketones (excluding diaryl/α,β-unsaturated/α-hetero) is 1. The number of pyridine rings is 1. The smallest absolute Gasteiger partial charge is 0.178 e. The van der Waals surface area contributed by atoms with Crippen molar-refractivity contribution in [2.45, 2.75) is 18.7 Å². The molecule has 0 bridgehead atoms. The highest BCUT2D eigenvalue weighted by molar-refractivity contribution is 7.98. The molecule has 2 nitrogen and oxygen atoms in total. The first-order valence-electron chi connectivity index (χ1n) is 5.75. The maximum atomic E-state index is 11.8. The van der Waals surface area contributed by atoms with Gasteiger partial charge in [-0.1, -0.05) is 30.3 Å². The van der Waals surface area contributed by atoms with Crippen molar-refractivity contribution in [1.82, 2.24) is 4.98 Å². The van der Waals surface area contributed by atoms with Gasteiger partial charge in [0.1, 0.15) is 5.69 Å². The number of carbonyl (C=O) groups excluding carboxylic acids is 1. The van der Waals surface area contributed by atoms with Crippen molar-refractivity contribution in [3.63, 3.8) is 0 Å². The molecule has 2 aromatic rings. The number of carbonyl (C=O) groups is 1. The molecule has 0 aliphatic heterocycles. The maximum Gasteiger partial charge on any atom is 0.178 e. The van der Waals surface area contributed by atoms with E-state index in [1.807, 2.05) is 49.6 Å². The number of aryl methyl sites for hydroxylation is 1. The lowest BCUT2D eigenvalue weighted by atomic mass is 10.0. The molecule has 92 valence electrons. The van der Waals surface area contributed by atoms with Crippen LogP contribution in [-0.4, -0.2) is 17.0 Å². The molecule has 1 aromatic heterocycles. The molecule has 0 N–H and O–H groups in total. The van der Waals surface area contributed by atoms with Gasteiger partial charge in [-0.15, -0.1) is 11.8 Å². The van der Waals surface area contributed by atoms with Gasteiger partial charge in [-0.3, -0.25) is 4.79 Å². The molecule has 0 aliphatic rings. The zero-order chi connectivity index (χ0) is 13.1. The average Bonchev–Trinajstić information content (AvgIpc) is 2.38. The Morgan fingerprint density at radius 3 is 2.44 bits per heavy atom. The number of rotatable bonds is 3. The van der Waals surface area contributed by atoms with E-state index in [0.717, 1.165) is 21.7 Å². The number of aromatic nitrogens is 1. The van der Waals surface area contributed by atoms with Gasteiger partial charge in [-0.05, 0) is 24.8 Å². The zero-order valence-electron chi connectivity index (χ0n) is 10.7. The van der Waals surface area contributed by atoms with E-state index < -0.39 is 0 Å². The van der Waals surface area contributed by atoms with Crippen LogP contribution in [0.4, 0.5) is 0 Å². The summed E-state index contributed by atoms with van der Waals surface area (Å²) in [4.78, 5) is 17.3. The first-order chi connectivity index (χ1) is 8.63. The quantitative estimate of drug-likeness (QED) is 0.615. The minimum Gasteiger partial charge on any atom is -0.293 e. The van der Waals surface area contributed by atoms with Crippen LogP contribution in [-0.2, 0) is 0 Å². The molecule has 0 aliphatic carbocycles. The second-order valence-electron chi connectivity index (χ2n) is 4.11. The summed E-state index contributed by atoms with van der Waals surface area (Å²) in [5, 5.41) is 0. The number of nitrogens with zero attached hydrogens (tertiary/aromatic N) is 1. The summed E-state index contributed by atoms with van der Waals surface area (Å²) in [6, 6.07) is 12.0. The van der Waals surface area contributed by atoms with E-state index in [1.54, 1.807) is 18.7 Å². The van der Waals surface area contributed by atoms with E-state index >= 15 is 0 Å². The molecule has 0 saturated carbocycles. The van der Waals surface area contributed by atoms with E-state index in [9.17, 15) is 4.79 Å². The summed E-state index contributed by atoms with van der Waals surface area (Å²) in [5.41, 5.74) is 3.43. The van der Waals surface area contributed by atoms with Gasteiger partial charge in [0.2, 0.25) is 0 Å². The predicted molar refractivity (Wildman–Crippen MR) is 76.2 cm³/mol. The lowest BCUT2D eigenvalue weighted by Crippen LogP contribution is -2.03. The van der Waals surface area contributed by atoms with Gasteiger partial charge < -0.3 is 0 Å². The van der Waals surface area contributed by atoms with Crippen LogP contribution in [0.3, 0.4) is 0 Å². The third-order valence-corrected chi connectivity index (χ3v) is 3.49. The highest BCUT2D eigenvalue weighted by Gasteiger charge is 2.15. The second-order valence-corrected chi connectivity index (χ2v) is 4.96. The summed E-state index contributed by atoms with van der Waals surface area (Å²) in [6.07, 6.45) is 2.02. The third kappa shape index (κ3) is 2.46. The number of thioether (sulfide) groups is 1. The Kier molecular flexibility index (Phi) is 3.82. The SMILES string of the molecule is CSc1cc(C)nc(C(C)=O)c1-c1ccccc1. The standard InChI is InChI=1S/C15H15NOS/c1-10-9-13(18-3)14(15(16-10)11(2)17)12-7-5-4-6-8-12/h4-9H,1-3H3. The zero-order valence-corrected chi connectivity index (χ0v) is 11.5. The molecular formula is C15H15NOS. The van der Waals surface area contributed by atoms with Crippen LogP contribution in [0, 0.1) is 6.92 Å². The van der Waals surface area contributed by atoms with Crippen LogP contribution in [0.5, 0.6) is 0 Å². The molecule has 3 heteroatoms. The highest BCUT2D eigenvalue weighted by atomic mass is 32.2. The van der Waals surface area contributed by atoms with E-state index in [1.165, 1.54) is 0 Å². The molecule has 1 heterocycles. The van der Waals surface area contributed by atoms with Gasteiger partial charge >= 0.3 is 0 Å². The Labute approximate surface area is 111 Å². The molecule has 0 unspecified atom stereocenters. The van der Waals surface area contributed by atoms with Crippen LogP contribution in [0.2, 0.25) is 0 Å². The van der Waals surface area contributed by atoms with Gasteiger partial charge in [-0.2, -0.15) is 0 Å². The van der Waals surface area contributed by atoms with Crippen molar-refractivity contribution in [2.24, 2.45) is 0 Å². The van der Waals surface area contributed by atoms with Crippen molar-refractivity contribution in [3.05, 3.63) is 47.8 Å². The number of benzene rings is 1. The van der Waals surface area contributed by atoms with Gasteiger partial charge in [0.05, 0.1) is 0 Å². The lowest BCUT2D eigenvalue weighted by Gasteiger charge is -2.12. The first kappa shape index (κ1) is 12.8. The van der Waals surface area contributed by atoms with Gasteiger partial charge in [0.25, 0.3) is 0 Å². The minimum atomic E-state index is 0.00727. The molecule has 0 fully saturated rings. The Morgan fingerprint density at radius 1 is 1.22 bits per heavy atom. The van der Waals surface area contributed by atoms with Gasteiger partial charge in [0, 0.05) is 23.1 Å². The highest BCUT2D eigenvalue weighted by Crippen LogP contribution is 2.33. The molecular weight excluding hydrogens is 242 g/mol. The summed E-state index contributed by atoms with van der Waals surface area (Å²) in [5.74, 6) is 0.00727. The summed E-state index contributed by atoms with van der Waals surface area (Å²) in [7, 11) is 0. The molecule has 0 amide bonds. The van der Waals surface area contributed by atoms with E-state index in [2.05, 4.69) is 4.98 Å². The topological polar surface area (TPSA) is 30.0 Å². The normalized spacial score (nSPS) is 10.4. The molecule has 18 heavy (non-hydrogen) atoms. The van der Waals surface area contributed by atoms with E-state index in [0.29, 0.717) is 5.69 Å². The Balaban J connectivity index is 2.74. The number of hydrogen-bond acceptors (Lipinski definition) is 3. The van der Waals surface area contributed by atoms with Gasteiger partial charge in [-0.25, -0.2) is 4.98 Å². The fraction of sp³-hybridized carbons (Fsp3) is 0.200. The molecule has 0 spiro atoms. The van der Waals surface area contributed by atoms with Crippen molar-refractivity contribution < 1.29 is 4.79 Å². The van der Waals surface area contributed by atoms with Crippen molar-refractivity contribution >= 4 is 17.5 Å². The number of hydrogen-bond donors (Lipinski definition) is 0. The fourth-order valence-electron chi connectivity index (χ4n) is 1.94. The van der Waals surface area contributed by atoms with Crippen LogP contribution in [0.15, 0.2) is 41.3 Å². The van der Waals surface area contributed by atoms with Crippen LogP contribution < -0.4 is 0 Å². The van der Waals surface area contributed by atoms with Gasteiger partial charge in [0.15, 0.2) is 5.78 Å². The van der Waals surface area contributed by atoms with E-state index in [-0.39, 0.29) is 5.78 Å². The summed E-state index contributed by atoms with van der Waals surface area (Å²) >= 11 is 1.64. The molecule has 2 rings (SSSR count). The molecule has 0 atom stereocenters. The Bertz CT molecular complexity index is 579. The van der Waals surface area contributed by atoms with Crippen molar-refractivity contribution in [3.8, 4) is 11.1 Å². The van der Waals surface area contributed by atoms with E-state index in [4.69, 9.17) is 0 Å². The Morgan fingerprint density at radius 2 is 1.89 bits per heavy atom. The number of ketones is 1. The largest absolute Gasteiger partial charge is 0.293 e. The molecule has 0 radical (unpaired) electrons. The lowest BCUT2D eigenvalue weighted by molar-refractivity contribution is 0.101. The minimum absolute atomic E-state index is 0.00727. The predicted octanol–water partition coefficient (Wildman–Crippen LogP) is 3.98. The van der Waals surface area contributed by atoms with Crippen LogP contribution in [0.1, 0.15) is 23.1 Å². The second kappa shape index (κ2) is 5.36. The van der Waals surface area contributed by atoms with Crippen molar-refractivity contribution in [1.29, 1.82) is 0 Å². The van der Waals surface area contributed by atoms with Crippen LogP contribution in [0.25, 0.3) is 11.1 Å². The third-order valence-electron chi connectivity index (χ3n) is 2.73. The summed E-state index contributed by atoms with van der Waals surface area (Å²) in [6.45, 7) is 3.49. The van der Waals surface area contributed by atoms with Crippen molar-refractivity contribution in [2.75, 3.05) is 6.26 Å². The summed E-state index contributed by atoms with van der Waals surface area (Å²) < 4.78 is 0. The fourth-order valence-corrected chi connectivity index (χ4v) is 2.65.